The fraction of sp³-hybridized carbons (Fsp3) is 0. The molecule has 3 rings (SSSR count). The predicted octanol–water partition coefficient (Wildman–Crippen LogP) is 5.19. The zero-order valence-corrected chi connectivity index (χ0v) is 15.2. The van der Waals surface area contributed by atoms with Gasteiger partial charge in [-0.2, -0.15) is 0 Å². The molecule has 0 N–H and O–H groups in total. The molecule has 23 heavy (non-hydrogen) atoms. The van der Waals surface area contributed by atoms with E-state index in [0.29, 0.717) is 15.4 Å². The van der Waals surface area contributed by atoms with Gasteiger partial charge >= 0.3 is 11.6 Å². The van der Waals surface area contributed by atoms with Crippen molar-refractivity contribution in [3.05, 3.63) is 72.4 Å². The van der Waals surface area contributed by atoms with E-state index in [1.807, 2.05) is 0 Å². The summed E-state index contributed by atoms with van der Waals surface area (Å²) in [5, 5.41) is 0.855. The largest absolute Gasteiger partial charge is 0.421 e. The van der Waals surface area contributed by atoms with Gasteiger partial charge < -0.3 is 9.15 Å². The van der Waals surface area contributed by atoms with Crippen LogP contribution in [0.15, 0.2) is 60.6 Å². The summed E-state index contributed by atoms with van der Waals surface area (Å²) in [5.74, 6) is -0.654. The number of halogens is 3. The Morgan fingerprint density at radius 1 is 1.13 bits per heavy atom. The predicted molar refractivity (Wildman–Crippen MR) is 94.3 cm³/mol. The van der Waals surface area contributed by atoms with Crippen LogP contribution >= 0.6 is 43.5 Å². The van der Waals surface area contributed by atoms with Crippen LogP contribution in [0.2, 0.25) is 5.02 Å². The SMILES string of the molecule is O=C(Oc1ccccc1Cl)c1cc2cc(Br)cc(Br)c2oc1=O. The summed E-state index contributed by atoms with van der Waals surface area (Å²) in [5.41, 5.74) is -0.632. The molecule has 0 aliphatic heterocycles. The lowest BCUT2D eigenvalue weighted by Crippen LogP contribution is -2.18. The average molecular weight is 458 g/mol. The molecule has 0 unspecified atom stereocenters. The van der Waals surface area contributed by atoms with E-state index in [1.54, 1.807) is 30.3 Å². The van der Waals surface area contributed by atoms with Crippen molar-refractivity contribution < 1.29 is 13.9 Å². The van der Waals surface area contributed by atoms with Gasteiger partial charge in [0.05, 0.1) is 9.50 Å². The molecule has 7 heteroatoms. The quantitative estimate of drug-likeness (QED) is 0.301. The normalized spacial score (nSPS) is 10.7. The van der Waals surface area contributed by atoms with E-state index in [2.05, 4.69) is 31.9 Å². The first kappa shape index (κ1) is 16.2. The molecule has 3 aromatic rings. The van der Waals surface area contributed by atoms with Crippen LogP contribution in [0.25, 0.3) is 11.0 Å². The van der Waals surface area contributed by atoms with E-state index in [-0.39, 0.29) is 16.3 Å². The van der Waals surface area contributed by atoms with Gasteiger partial charge in [-0.15, -0.1) is 0 Å². The fourth-order valence-electron chi connectivity index (χ4n) is 1.98. The third kappa shape index (κ3) is 3.34. The lowest BCUT2D eigenvalue weighted by Gasteiger charge is -2.06. The summed E-state index contributed by atoms with van der Waals surface area (Å²) in [6.07, 6.45) is 0. The lowest BCUT2D eigenvalue weighted by molar-refractivity contribution is 0.0730. The number of benzene rings is 2. The molecular weight excluding hydrogens is 451 g/mol. The number of carbonyl (C=O) groups is 1. The van der Waals surface area contributed by atoms with Crippen LogP contribution in [0, 0.1) is 0 Å². The van der Waals surface area contributed by atoms with Crippen molar-refractivity contribution in [1.82, 2.24) is 0 Å². The van der Waals surface area contributed by atoms with Gasteiger partial charge in [0.2, 0.25) is 0 Å². The third-order valence-electron chi connectivity index (χ3n) is 3.01. The second kappa shape index (κ2) is 6.47. The summed E-state index contributed by atoms with van der Waals surface area (Å²) in [6.45, 7) is 0. The maximum atomic E-state index is 12.2. The Morgan fingerprint density at radius 2 is 1.87 bits per heavy atom. The van der Waals surface area contributed by atoms with Crippen LogP contribution in [-0.2, 0) is 0 Å². The highest BCUT2D eigenvalue weighted by Gasteiger charge is 2.18. The van der Waals surface area contributed by atoms with Gasteiger partial charge in [-0.25, -0.2) is 9.59 Å². The van der Waals surface area contributed by atoms with Gasteiger partial charge in [-0.05, 0) is 46.3 Å². The summed E-state index contributed by atoms with van der Waals surface area (Å²) < 4.78 is 11.8. The zero-order chi connectivity index (χ0) is 16.6. The van der Waals surface area contributed by atoms with E-state index < -0.39 is 11.6 Å². The fourth-order valence-corrected chi connectivity index (χ4v) is 3.50. The van der Waals surface area contributed by atoms with Crippen LogP contribution in [-0.4, -0.2) is 5.97 Å². The molecule has 1 aromatic heterocycles. The number of para-hydroxylation sites is 1. The highest BCUT2D eigenvalue weighted by molar-refractivity contribution is 9.11. The first-order chi connectivity index (χ1) is 11.0. The van der Waals surface area contributed by atoms with Crippen molar-refractivity contribution in [2.45, 2.75) is 0 Å². The molecule has 1 heterocycles. The second-order valence-corrected chi connectivity index (χ2v) is 6.75. The van der Waals surface area contributed by atoms with Gasteiger partial charge in [0.25, 0.3) is 0 Å². The lowest BCUT2D eigenvalue weighted by atomic mass is 10.2. The first-order valence-corrected chi connectivity index (χ1v) is 8.32. The van der Waals surface area contributed by atoms with Crippen LogP contribution in [0.4, 0.5) is 0 Å². The van der Waals surface area contributed by atoms with E-state index in [1.165, 1.54) is 12.1 Å². The Labute approximate surface area is 152 Å². The van der Waals surface area contributed by atoms with Crippen molar-refractivity contribution in [3.63, 3.8) is 0 Å². The molecule has 0 aliphatic rings. The van der Waals surface area contributed by atoms with E-state index in [4.69, 9.17) is 20.8 Å². The second-order valence-electron chi connectivity index (χ2n) is 4.57. The Kier molecular flexibility index (Phi) is 4.57. The number of hydrogen-bond donors (Lipinski definition) is 0. The number of ether oxygens (including phenoxy) is 1. The van der Waals surface area contributed by atoms with Gasteiger partial charge in [0, 0.05) is 9.86 Å². The number of fused-ring (bicyclic) bond motifs is 1. The maximum absolute atomic E-state index is 12.2. The van der Waals surface area contributed by atoms with Crippen LogP contribution < -0.4 is 10.4 Å². The minimum atomic E-state index is -0.829. The maximum Gasteiger partial charge on any atom is 0.351 e. The minimum Gasteiger partial charge on any atom is -0.421 e. The summed E-state index contributed by atoms with van der Waals surface area (Å²) in [4.78, 5) is 24.3. The van der Waals surface area contributed by atoms with Gasteiger partial charge in [-0.3, -0.25) is 0 Å². The Hall–Kier alpha value is -1.63. The monoisotopic (exact) mass is 456 g/mol. The van der Waals surface area contributed by atoms with Gasteiger partial charge in [0.15, 0.2) is 5.58 Å². The van der Waals surface area contributed by atoms with Crippen molar-refractivity contribution >= 4 is 60.4 Å². The zero-order valence-electron chi connectivity index (χ0n) is 11.3. The minimum absolute atomic E-state index is 0.175. The molecule has 2 aromatic carbocycles. The highest BCUT2D eigenvalue weighted by Crippen LogP contribution is 2.29. The topological polar surface area (TPSA) is 56.5 Å². The van der Waals surface area contributed by atoms with E-state index >= 15 is 0 Å². The Morgan fingerprint density at radius 3 is 2.61 bits per heavy atom. The molecule has 0 spiro atoms. The van der Waals surface area contributed by atoms with Crippen molar-refractivity contribution in [2.24, 2.45) is 0 Å². The van der Waals surface area contributed by atoms with E-state index in [0.717, 1.165) is 4.47 Å². The van der Waals surface area contributed by atoms with Crippen LogP contribution in [0.1, 0.15) is 10.4 Å². The number of hydrogen-bond acceptors (Lipinski definition) is 4. The molecule has 0 aliphatic carbocycles. The number of carbonyl (C=O) groups excluding carboxylic acids is 1. The first-order valence-electron chi connectivity index (χ1n) is 6.35. The highest BCUT2D eigenvalue weighted by atomic mass is 79.9. The summed E-state index contributed by atoms with van der Waals surface area (Å²) in [7, 11) is 0. The number of rotatable bonds is 2. The number of esters is 1. The Balaban J connectivity index is 2.06. The van der Waals surface area contributed by atoms with E-state index in [9.17, 15) is 9.59 Å². The average Bonchev–Trinajstić information content (AvgIpc) is 2.49. The van der Waals surface area contributed by atoms with Crippen LogP contribution in [0.3, 0.4) is 0 Å². The van der Waals surface area contributed by atoms with Crippen molar-refractivity contribution in [3.8, 4) is 5.75 Å². The Bertz CT molecular complexity index is 981. The smallest absolute Gasteiger partial charge is 0.351 e. The van der Waals surface area contributed by atoms with Crippen molar-refractivity contribution in [2.75, 3.05) is 0 Å². The molecule has 0 radical (unpaired) electrons. The molecule has 0 fully saturated rings. The summed E-state index contributed by atoms with van der Waals surface area (Å²) in [6, 6.07) is 11.4. The molecule has 4 nitrogen and oxygen atoms in total. The molecule has 0 saturated heterocycles. The molecule has 0 saturated carbocycles. The standard InChI is InChI=1S/C16H7Br2ClO4/c17-9-5-8-6-10(16(21)23-14(8)11(18)7-9)15(20)22-13-4-2-1-3-12(13)19/h1-7H. The van der Waals surface area contributed by atoms with Gasteiger partial charge in [0.1, 0.15) is 11.3 Å². The molecule has 0 amide bonds. The van der Waals surface area contributed by atoms with Crippen molar-refractivity contribution in [1.29, 1.82) is 0 Å². The third-order valence-corrected chi connectivity index (χ3v) is 4.37. The van der Waals surface area contributed by atoms with Gasteiger partial charge in [-0.1, -0.05) is 39.7 Å². The molecular formula is C16H7Br2ClO4. The molecule has 0 atom stereocenters. The van der Waals surface area contributed by atoms with Crippen LogP contribution in [0.5, 0.6) is 5.75 Å². The molecule has 116 valence electrons. The molecule has 0 bridgehead atoms. The summed E-state index contributed by atoms with van der Waals surface area (Å²) >= 11 is 12.6.